The molecule has 26 heavy (non-hydrogen) atoms. The third-order valence-electron chi connectivity index (χ3n) is 4.53. The van der Waals surface area contributed by atoms with Gasteiger partial charge in [-0.1, -0.05) is 0 Å². The van der Waals surface area contributed by atoms with Crippen LogP contribution in [0.3, 0.4) is 0 Å². The number of nitrogens with zero attached hydrogens (tertiary/aromatic N) is 1. The summed E-state index contributed by atoms with van der Waals surface area (Å²) in [6.07, 6.45) is 1.97. The smallest absolute Gasteiger partial charge is 0.219 e. The van der Waals surface area contributed by atoms with Crippen molar-refractivity contribution in [3.8, 4) is 17.2 Å². The monoisotopic (exact) mass is 381 g/mol. The van der Waals surface area contributed by atoms with Gasteiger partial charge in [0.15, 0.2) is 16.6 Å². The van der Waals surface area contributed by atoms with Crippen LogP contribution in [0.15, 0.2) is 12.1 Å². The van der Waals surface area contributed by atoms with Gasteiger partial charge in [0.2, 0.25) is 11.7 Å². The number of ether oxygens (including phenoxy) is 3. The van der Waals surface area contributed by atoms with Crippen LogP contribution in [0, 0.1) is 5.92 Å². The maximum absolute atomic E-state index is 11.4. The molecule has 8 heteroatoms. The van der Waals surface area contributed by atoms with Gasteiger partial charge in [-0.05, 0) is 31.0 Å². The summed E-state index contributed by atoms with van der Waals surface area (Å²) >= 11 is 5.39. The molecule has 2 N–H and O–H groups in total. The van der Waals surface area contributed by atoms with Crippen LogP contribution in [0.1, 0.15) is 19.8 Å². The lowest BCUT2D eigenvalue weighted by atomic mass is 9.97. The van der Waals surface area contributed by atoms with Crippen LogP contribution in [-0.4, -0.2) is 56.9 Å². The van der Waals surface area contributed by atoms with E-state index in [4.69, 9.17) is 26.4 Å². The van der Waals surface area contributed by atoms with Gasteiger partial charge in [0.1, 0.15) is 0 Å². The lowest BCUT2D eigenvalue weighted by molar-refractivity contribution is -0.130. The first-order chi connectivity index (χ1) is 12.5. The molecule has 0 aromatic heterocycles. The van der Waals surface area contributed by atoms with E-state index in [9.17, 15) is 4.79 Å². The van der Waals surface area contributed by atoms with Crippen LogP contribution in [-0.2, 0) is 4.79 Å². The van der Waals surface area contributed by atoms with E-state index < -0.39 is 0 Å². The highest BCUT2D eigenvalue weighted by Gasteiger charge is 2.20. The molecular weight excluding hydrogens is 354 g/mol. The van der Waals surface area contributed by atoms with E-state index in [1.165, 1.54) is 0 Å². The Balaban J connectivity index is 1.89. The average molecular weight is 381 g/mol. The number of hydrogen-bond acceptors (Lipinski definition) is 5. The van der Waals surface area contributed by atoms with Gasteiger partial charge in [0, 0.05) is 44.4 Å². The number of nitrogens with one attached hydrogen (secondary N) is 2. The zero-order valence-electron chi connectivity index (χ0n) is 15.8. The number of anilines is 1. The molecule has 0 unspecified atom stereocenters. The molecule has 7 nitrogen and oxygen atoms in total. The Hall–Kier alpha value is -2.22. The number of likely N-dealkylation sites (tertiary alicyclic amines) is 1. The summed E-state index contributed by atoms with van der Waals surface area (Å²) in [5.41, 5.74) is 0.753. The van der Waals surface area contributed by atoms with E-state index in [0.717, 1.165) is 38.2 Å². The molecule has 1 heterocycles. The van der Waals surface area contributed by atoms with Crippen LogP contribution in [0.5, 0.6) is 17.2 Å². The Morgan fingerprint density at radius 2 is 1.73 bits per heavy atom. The fourth-order valence-electron chi connectivity index (χ4n) is 3.02. The predicted octanol–water partition coefficient (Wildman–Crippen LogP) is 2.26. The molecule has 0 atom stereocenters. The molecule has 2 rings (SSSR count). The molecule has 1 aliphatic rings. The first-order valence-electron chi connectivity index (χ1n) is 8.58. The molecule has 1 aromatic rings. The van der Waals surface area contributed by atoms with Crippen molar-refractivity contribution < 1.29 is 19.0 Å². The first-order valence-corrected chi connectivity index (χ1v) is 8.99. The van der Waals surface area contributed by atoms with E-state index in [2.05, 4.69) is 10.6 Å². The molecule has 1 amide bonds. The van der Waals surface area contributed by atoms with E-state index in [-0.39, 0.29) is 5.91 Å². The number of hydrogen-bond donors (Lipinski definition) is 2. The van der Waals surface area contributed by atoms with E-state index in [0.29, 0.717) is 28.3 Å². The van der Waals surface area contributed by atoms with Crippen molar-refractivity contribution in [1.82, 2.24) is 10.2 Å². The zero-order valence-corrected chi connectivity index (χ0v) is 16.6. The van der Waals surface area contributed by atoms with Crippen molar-refractivity contribution in [3.05, 3.63) is 12.1 Å². The van der Waals surface area contributed by atoms with Gasteiger partial charge in [-0.25, -0.2) is 0 Å². The minimum absolute atomic E-state index is 0.149. The van der Waals surface area contributed by atoms with Crippen molar-refractivity contribution in [1.29, 1.82) is 0 Å². The SMILES string of the molecule is COc1cc(NC(=S)NCC2CCN(C(C)=O)CC2)cc(OC)c1OC. The Bertz CT molecular complexity index is 620. The fraction of sp³-hybridized carbons (Fsp3) is 0.556. The normalized spacial score (nSPS) is 14.5. The lowest BCUT2D eigenvalue weighted by Crippen LogP contribution is -2.41. The summed E-state index contributed by atoms with van der Waals surface area (Å²) in [5.74, 6) is 2.32. The molecule has 144 valence electrons. The summed E-state index contributed by atoms with van der Waals surface area (Å²) in [6, 6.07) is 3.61. The Morgan fingerprint density at radius 3 is 2.19 bits per heavy atom. The van der Waals surface area contributed by atoms with Crippen molar-refractivity contribution in [3.63, 3.8) is 0 Å². The van der Waals surface area contributed by atoms with Crippen molar-refractivity contribution in [2.75, 3.05) is 46.3 Å². The molecule has 0 saturated carbocycles. The van der Waals surface area contributed by atoms with Gasteiger partial charge >= 0.3 is 0 Å². The van der Waals surface area contributed by atoms with Gasteiger partial charge in [-0.15, -0.1) is 0 Å². The van der Waals surface area contributed by atoms with Gasteiger partial charge in [0.05, 0.1) is 21.3 Å². The summed E-state index contributed by atoms with van der Waals surface area (Å²) < 4.78 is 16.0. The molecule has 1 aliphatic heterocycles. The second kappa shape index (κ2) is 9.47. The van der Waals surface area contributed by atoms with Gasteiger partial charge < -0.3 is 29.7 Å². The predicted molar refractivity (Wildman–Crippen MR) is 105 cm³/mol. The number of piperidine rings is 1. The van der Waals surface area contributed by atoms with Crippen LogP contribution >= 0.6 is 12.2 Å². The number of amides is 1. The standard InChI is InChI=1S/C18H27N3O4S/c1-12(22)21-7-5-13(6-8-21)11-19-18(26)20-14-9-15(23-2)17(25-4)16(10-14)24-3/h9-10,13H,5-8,11H2,1-4H3,(H2,19,20,26). The van der Waals surface area contributed by atoms with Crippen molar-refractivity contribution in [2.45, 2.75) is 19.8 Å². The first kappa shape index (κ1) is 20.1. The topological polar surface area (TPSA) is 72.1 Å². The molecule has 1 fully saturated rings. The number of thiocarbonyl (C=S) groups is 1. The molecule has 0 aliphatic carbocycles. The fourth-order valence-corrected chi connectivity index (χ4v) is 3.22. The summed E-state index contributed by atoms with van der Waals surface area (Å²) in [6.45, 7) is 4.03. The van der Waals surface area contributed by atoms with Gasteiger partial charge in [-0.2, -0.15) is 0 Å². The average Bonchev–Trinajstić information content (AvgIpc) is 2.65. The van der Waals surface area contributed by atoms with Crippen LogP contribution in [0.2, 0.25) is 0 Å². The van der Waals surface area contributed by atoms with Crippen molar-refractivity contribution in [2.24, 2.45) is 5.92 Å². The third kappa shape index (κ3) is 5.14. The molecule has 0 spiro atoms. The third-order valence-corrected chi connectivity index (χ3v) is 4.78. The zero-order chi connectivity index (χ0) is 19.1. The molecule has 1 aromatic carbocycles. The number of carbonyl (C=O) groups excluding carboxylic acids is 1. The highest BCUT2D eigenvalue weighted by atomic mass is 32.1. The van der Waals surface area contributed by atoms with E-state index >= 15 is 0 Å². The molecule has 0 radical (unpaired) electrons. The Kier molecular flexibility index (Phi) is 7.32. The maximum atomic E-state index is 11.4. The van der Waals surface area contributed by atoms with Gasteiger partial charge in [0.25, 0.3) is 0 Å². The second-order valence-electron chi connectivity index (χ2n) is 6.20. The lowest BCUT2D eigenvalue weighted by Gasteiger charge is -2.31. The highest BCUT2D eigenvalue weighted by molar-refractivity contribution is 7.80. The number of rotatable bonds is 6. The quantitative estimate of drug-likeness (QED) is 0.732. The molecule has 0 bridgehead atoms. The van der Waals surface area contributed by atoms with Crippen LogP contribution < -0.4 is 24.8 Å². The molecular formula is C18H27N3O4S. The summed E-state index contributed by atoms with van der Waals surface area (Å²) in [7, 11) is 4.72. The highest BCUT2D eigenvalue weighted by Crippen LogP contribution is 2.39. The van der Waals surface area contributed by atoms with Crippen LogP contribution in [0.25, 0.3) is 0 Å². The number of benzene rings is 1. The summed E-state index contributed by atoms with van der Waals surface area (Å²) in [5, 5.41) is 6.94. The largest absolute Gasteiger partial charge is 0.493 e. The maximum Gasteiger partial charge on any atom is 0.219 e. The van der Waals surface area contributed by atoms with Crippen molar-refractivity contribution >= 4 is 28.9 Å². The van der Waals surface area contributed by atoms with E-state index in [1.807, 2.05) is 4.90 Å². The molecule has 1 saturated heterocycles. The van der Waals surface area contributed by atoms with E-state index in [1.54, 1.807) is 40.4 Å². The second-order valence-corrected chi connectivity index (χ2v) is 6.61. The summed E-state index contributed by atoms with van der Waals surface area (Å²) in [4.78, 5) is 13.3. The Morgan fingerprint density at radius 1 is 1.15 bits per heavy atom. The minimum Gasteiger partial charge on any atom is -0.493 e. The Labute approximate surface area is 160 Å². The van der Waals surface area contributed by atoms with Crippen LogP contribution in [0.4, 0.5) is 5.69 Å². The number of methoxy groups -OCH3 is 3. The minimum atomic E-state index is 0.149. The number of carbonyl (C=O) groups is 1. The van der Waals surface area contributed by atoms with Gasteiger partial charge in [-0.3, -0.25) is 4.79 Å².